The van der Waals surface area contributed by atoms with Crippen molar-refractivity contribution < 1.29 is 0 Å². The van der Waals surface area contributed by atoms with E-state index >= 15 is 0 Å². The molecule has 1 atom stereocenters. The Labute approximate surface area is 92.0 Å². The summed E-state index contributed by atoms with van der Waals surface area (Å²) in [6.07, 6.45) is 4.50. The molecule has 0 aliphatic carbocycles. The average Bonchev–Trinajstić information content (AvgIpc) is 2.28. The van der Waals surface area contributed by atoms with Gasteiger partial charge in [-0.1, -0.05) is 36.4 Å². The summed E-state index contributed by atoms with van der Waals surface area (Å²) in [4.78, 5) is 0. The Hall–Kier alpha value is -1.12. The van der Waals surface area contributed by atoms with Gasteiger partial charge < -0.3 is 11.5 Å². The monoisotopic (exact) mass is 204 g/mol. The Morgan fingerprint density at radius 1 is 1.27 bits per heavy atom. The van der Waals surface area contributed by atoms with Gasteiger partial charge in [-0.3, -0.25) is 0 Å². The van der Waals surface area contributed by atoms with E-state index < -0.39 is 0 Å². The maximum absolute atomic E-state index is 6.24. The summed E-state index contributed by atoms with van der Waals surface area (Å²) in [5, 5.41) is 0. The second-order valence-electron chi connectivity index (χ2n) is 3.99. The summed E-state index contributed by atoms with van der Waals surface area (Å²) in [6, 6.07) is 10.3. The number of rotatable bonds is 6. The summed E-state index contributed by atoms with van der Waals surface area (Å²) >= 11 is 0. The van der Waals surface area contributed by atoms with E-state index in [4.69, 9.17) is 11.5 Å². The Bertz CT molecular complexity index is 295. The molecule has 0 saturated carbocycles. The molecule has 15 heavy (non-hydrogen) atoms. The van der Waals surface area contributed by atoms with E-state index in [9.17, 15) is 0 Å². The van der Waals surface area contributed by atoms with Crippen molar-refractivity contribution >= 4 is 0 Å². The zero-order chi connectivity index (χ0) is 11.1. The predicted octanol–water partition coefficient (Wildman–Crippen LogP) is 1.85. The second-order valence-corrected chi connectivity index (χ2v) is 3.99. The van der Waals surface area contributed by atoms with Crippen molar-refractivity contribution in [2.75, 3.05) is 6.54 Å². The van der Waals surface area contributed by atoms with Crippen LogP contribution in [-0.2, 0) is 6.42 Å². The van der Waals surface area contributed by atoms with Crippen molar-refractivity contribution in [3.8, 4) is 0 Å². The van der Waals surface area contributed by atoms with Gasteiger partial charge in [0.1, 0.15) is 0 Å². The molecular weight excluding hydrogens is 184 g/mol. The van der Waals surface area contributed by atoms with Crippen LogP contribution in [0.15, 0.2) is 43.0 Å². The SMILES string of the molecule is C=CC(N)(CCCN)Cc1ccccc1. The van der Waals surface area contributed by atoms with Gasteiger partial charge in [0.05, 0.1) is 0 Å². The van der Waals surface area contributed by atoms with Gasteiger partial charge in [-0.15, -0.1) is 6.58 Å². The van der Waals surface area contributed by atoms with Crippen LogP contribution in [0.25, 0.3) is 0 Å². The summed E-state index contributed by atoms with van der Waals surface area (Å²) < 4.78 is 0. The third-order valence-electron chi connectivity index (χ3n) is 2.63. The molecule has 1 rings (SSSR count). The lowest BCUT2D eigenvalue weighted by Crippen LogP contribution is -2.40. The van der Waals surface area contributed by atoms with Crippen LogP contribution in [0.1, 0.15) is 18.4 Å². The molecule has 2 heteroatoms. The van der Waals surface area contributed by atoms with Crippen molar-refractivity contribution in [2.45, 2.75) is 24.8 Å². The molecule has 2 nitrogen and oxygen atoms in total. The van der Waals surface area contributed by atoms with Gasteiger partial charge in [0.15, 0.2) is 0 Å². The zero-order valence-corrected chi connectivity index (χ0v) is 9.15. The van der Waals surface area contributed by atoms with Crippen LogP contribution < -0.4 is 11.5 Å². The zero-order valence-electron chi connectivity index (χ0n) is 9.15. The van der Waals surface area contributed by atoms with Crippen molar-refractivity contribution in [3.63, 3.8) is 0 Å². The molecule has 0 aliphatic heterocycles. The molecule has 0 bridgehead atoms. The van der Waals surface area contributed by atoms with Crippen LogP contribution in [0.4, 0.5) is 0 Å². The molecule has 0 aromatic heterocycles. The van der Waals surface area contributed by atoms with Crippen LogP contribution in [0.2, 0.25) is 0 Å². The maximum Gasteiger partial charge on any atom is 0.0377 e. The number of hydrogen-bond acceptors (Lipinski definition) is 2. The van der Waals surface area contributed by atoms with Crippen LogP contribution in [0.3, 0.4) is 0 Å². The highest BCUT2D eigenvalue weighted by Crippen LogP contribution is 2.17. The lowest BCUT2D eigenvalue weighted by molar-refractivity contribution is 0.470. The van der Waals surface area contributed by atoms with E-state index in [2.05, 4.69) is 18.7 Å². The third kappa shape index (κ3) is 3.86. The van der Waals surface area contributed by atoms with Crippen molar-refractivity contribution in [1.82, 2.24) is 0 Å². The van der Waals surface area contributed by atoms with Gasteiger partial charge in [0.25, 0.3) is 0 Å². The Morgan fingerprint density at radius 3 is 2.47 bits per heavy atom. The van der Waals surface area contributed by atoms with Gasteiger partial charge in [-0.25, -0.2) is 0 Å². The van der Waals surface area contributed by atoms with E-state index in [1.54, 1.807) is 0 Å². The lowest BCUT2D eigenvalue weighted by Gasteiger charge is -2.25. The van der Waals surface area contributed by atoms with Gasteiger partial charge >= 0.3 is 0 Å². The van der Waals surface area contributed by atoms with E-state index in [0.717, 1.165) is 19.3 Å². The van der Waals surface area contributed by atoms with Gasteiger partial charge in [0, 0.05) is 5.54 Å². The van der Waals surface area contributed by atoms with E-state index in [1.807, 2.05) is 24.3 Å². The molecule has 82 valence electrons. The maximum atomic E-state index is 6.24. The summed E-state index contributed by atoms with van der Waals surface area (Å²) in [5.41, 5.74) is 12.7. The molecule has 0 saturated heterocycles. The largest absolute Gasteiger partial charge is 0.330 e. The molecule has 0 amide bonds. The lowest BCUT2D eigenvalue weighted by atomic mass is 9.87. The average molecular weight is 204 g/mol. The molecule has 0 heterocycles. The summed E-state index contributed by atoms with van der Waals surface area (Å²) in [6.45, 7) is 4.50. The Morgan fingerprint density at radius 2 is 1.93 bits per heavy atom. The minimum absolute atomic E-state index is 0.319. The van der Waals surface area contributed by atoms with Crippen LogP contribution in [0.5, 0.6) is 0 Å². The fraction of sp³-hybridized carbons (Fsp3) is 0.385. The highest BCUT2D eigenvalue weighted by Gasteiger charge is 2.20. The predicted molar refractivity (Wildman–Crippen MR) is 65.5 cm³/mol. The number of nitrogens with two attached hydrogens (primary N) is 2. The molecule has 0 fully saturated rings. The Balaban J connectivity index is 2.63. The number of hydrogen-bond donors (Lipinski definition) is 2. The molecule has 0 spiro atoms. The molecule has 1 unspecified atom stereocenters. The van der Waals surface area contributed by atoms with Crippen molar-refractivity contribution in [2.24, 2.45) is 11.5 Å². The first-order valence-corrected chi connectivity index (χ1v) is 5.37. The minimum atomic E-state index is -0.319. The van der Waals surface area contributed by atoms with Crippen LogP contribution in [-0.4, -0.2) is 12.1 Å². The first-order chi connectivity index (χ1) is 7.20. The fourth-order valence-corrected chi connectivity index (χ4v) is 1.67. The topological polar surface area (TPSA) is 52.0 Å². The standard InChI is InChI=1S/C13H20N2/c1-2-13(15,9-6-10-14)11-12-7-4-3-5-8-12/h2-5,7-8H,1,6,9-11,14-15H2. The Kier molecular flexibility index (Phi) is 4.53. The molecule has 1 aromatic carbocycles. The summed E-state index contributed by atoms with van der Waals surface area (Å²) in [5.74, 6) is 0. The van der Waals surface area contributed by atoms with Crippen LogP contribution >= 0.6 is 0 Å². The molecule has 4 N–H and O–H groups in total. The quantitative estimate of drug-likeness (QED) is 0.695. The van der Waals surface area contributed by atoms with E-state index in [-0.39, 0.29) is 5.54 Å². The third-order valence-corrected chi connectivity index (χ3v) is 2.63. The molecule has 0 radical (unpaired) electrons. The number of benzene rings is 1. The van der Waals surface area contributed by atoms with Gasteiger partial charge in [-0.05, 0) is 31.4 Å². The van der Waals surface area contributed by atoms with Crippen molar-refractivity contribution in [3.05, 3.63) is 48.6 Å². The summed E-state index contributed by atoms with van der Waals surface area (Å²) in [7, 11) is 0. The second kappa shape index (κ2) is 5.69. The van der Waals surface area contributed by atoms with E-state index in [1.165, 1.54) is 5.56 Å². The fourth-order valence-electron chi connectivity index (χ4n) is 1.67. The first kappa shape index (κ1) is 12.0. The minimum Gasteiger partial charge on any atom is -0.330 e. The first-order valence-electron chi connectivity index (χ1n) is 5.37. The molecule has 1 aromatic rings. The smallest absolute Gasteiger partial charge is 0.0377 e. The van der Waals surface area contributed by atoms with Gasteiger partial charge in [0.2, 0.25) is 0 Å². The molecular formula is C13H20N2. The van der Waals surface area contributed by atoms with Crippen LogP contribution in [0, 0.1) is 0 Å². The van der Waals surface area contributed by atoms with Crippen molar-refractivity contribution in [1.29, 1.82) is 0 Å². The molecule has 0 aliphatic rings. The van der Waals surface area contributed by atoms with E-state index in [0.29, 0.717) is 6.54 Å². The normalized spacial score (nSPS) is 14.5. The van der Waals surface area contributed by atoms with Gasteiger partial charge in [-0.2, -0.15) is 0 Å². The highest BCUT2D eigenvalue weighted by molar-refractivity contribution is 5.20. The highest BCUT2D eigenvalue weighted by atomic mass is 14.7.